The molecule has 0 bridgehead atoms. The minimum atomic E-state index is -0.105. The fourth-order valence-electron chi connectivity index (χ4n) is 2.09. The summed E-state index contributed by atoms with van der Waals surface area (Å²) in [5, 5.41) is 0. The first-order chi connectivity index (χ1) is 8.18. The van der Waals surface area contributed by atoms with Gasteiger partial charge in [-0.3, -0.25) is 9.59 Å². The number of fused-ring (bicyclic) bond motifs is 2. The van der Waals surface area contributed by atoms with E-state index in [-0.39, 0.29) is 41.1 Å². The van der Waals surface area contributed by atoms with E-state index in [4.69, 9.17) is 0 Å². The molecule has 0 spiro atoms. The molecule has 1 aliphatic rings. The zero-order chi connectivity index (χ0) is 12.0. The van der Waals surface area contributed by atoms with Crippen LogP contribution in [-0.4, -0.2) is 41.1 Å². The Kier molecular flexibility index (Phi) is 3.78. The molecule has 2 nitrogen and oxygen atoms in total. The van der Waals surface area contributed by atoms with E-state index in [0.717, 1.165) is 0 Å². The van der Waals surface area contributed by atoms with Crippen molar-refractivity contribution in [2.24, 2.45) is 0 Å². The van der Waals surface area contributed by atoms with E-state index >= 15 is 0 Å². The average molecular weight is 264 g/mol. The second kappa shape index (κ2) is 5.02. The van der Waals surface area contributed by atoms with Gasteiger partial charge in [-0.15, -0.1) is 12.6 Å². The quantitative estimate of drug-likeness (QED) is 0.498. The number of hydrogen-bond donors (Lipinski definition) is 1. The van der Waals surface area contributed by atoms with Crippen molar-refractivity contribution in [3.05, 3.63) is 64.7 Å². The summed E-state index contributed by atoms with van der Waals surface area (Å²) in [6.07, 6.45) is 0. The molecule has 0 aliphatic heterocycles. The van der Waals surface area contributed by atoms with Crippen molar-refractivity contribution in [2.45, 2.75) is 4.90 Å². The number of ketones is 2. The van der Waals surface area contributed by atoms with Crippen LogP contribution in [0.1, 0.15) is 31.8 Å². The normalized spacial score (nSPS) is 12.5. The zero-order valence-electron chi connectivity index (χ0n) is 8.81. The Morgan fingerprint density at radius 3 is 1.83 bits per heavy atom. The summed E-state index contributed by atoms with van der Waals surface area (Å²) in [5.41, 5.74) is 1.87. The second-order valence-corrected chi connectivity index (χ2v) is 4.45. The zero-order valence-corrected chi connectivity index (χ0v) is 9.70. The summed E-state index contributed by atoms with van der Waals surface area (Å²) in [6.45, 7) is 0. The predicted octanol–water partition coefficient (Wildman–Crippen LogP) is 2.10. The molecule has 0 saturated carbocycles. The molecule has 84 valence electrons. The van der Waals surface area contributed by atoms with E-state index in [1.807, 2.05) is 0 Å². The molecule has 2 aromatic carbocycles. The standard InChI is InChI=1S/C14H8O2S.Na.H/c15-13-9-3-1-2-4-10(9)14(16)12-7-8(17)5-6-11(12)13;;/h1-7,17H;;. The summed E-state index contributed by atoms with van der Waals surface area (Å²) >= 11 is 4.20. The SMILES string of the molecule is O=C1c2ccccc2C(=O)c2cc(S)ccc21.[NaH]. The van der Waals surface area contributed by atoms with Crippen LogP contribution in [-0.2, 0) is 0 Å². The van der Waals surface area contributed by atoms with Crippen LogP contribution in [0.5, 0.6) is 0 Å². The van der Waals surface area contributed by atoms with Crippen molar-refractivity contribution in [1.82, 2.24) is 0 Å². The molecule has 0 N–H and O–H groups in total. The van der Waals surface area contributed by atoms with Crippen molar-refractivity contribution in [3.8, 4) is 0 Å². The van der Waals surface area contributed by atoms with E-state index < -0.39 is 0 Å². The number of carbonyl (C=O) groups excluding carboxylic acids is 2. The maximum absolute atomic E-state index is 12.2. The molecule has 0 amide bonds. The molecule has 0 aromatic heterocycles. The molecule has 0 unspecified atom stereocenters. The van der Waals surface area contributed by atoms with Crippen LogP contribution in [0.25, 0.3) is 0 Å². The predicted molar refractivity (Wildman–Crippen MR) is 74.2 cm³/mol. The van der Waals surface area contributed by atoms with Gasteiger partial charge in [0.15, 0.2) is 11.6 Å². The molecule has 4 heteroatoms. The Labute approximate surface area is 132 Å². The van der Waals surface area contributed by atoms with Gasteiger partial charge >= 0.3 is 29.6 Å². The second-order valence-electron chi connectivity index (χ2n) is 3.93. The van der Waals surface area contributed by atoms with Crippen molar-refractivity contribution in [2.75, 3.05) is 0 Å². The molecule has 0 heterocycles. The third-order valence-corrected chi connectivity index (χ3v) is 3.19. The Morgan fingerprint density at radius 2 is 1.22 bits per heavy atom. The summed E-state index contributed by atoms with van der Waals surface area (Å²) < 4.78 is 0. The van der Waals surface area contributed by atoms with Crippen molar-refractivity contribution in [1.29, 1.82) is 0 Å². The van der Waals surface area contributed by atoms with Crippen LogP contribution >= 0.6 is 12.6 Å². The van der Waals surface area contributed by atoms with Gasteiger partial charge < -0.3 is 0 Å². The number of rotatable bonds is 0. The Balaban J connectivity index is 0.00000120. The van der Waals surface area contributed by atoms with E-state index in [0.29, 0.717) is 27.1 Å². The third-order valence-electron chi connectivity index (χ3n) is 2.91. The average Bonchev–Trinajstić information content (AvgIpc) is 2.36. The third kappa shape index (κ3) is 1.97. The van der Waals surface area contributed by atoms with Gasteiger partial charge in [-0.25, -0.2) is 0 Å². The van der Waals surface area contributed by atoms with Crippen molar-refractivity contribution in [3.63, 3.8) is 0 Å². The molecular weight excluding hydrogens is 255 g/mol. The van der Waals surface area contributed by atoms with Gasteiger partial charge in [0, 0.05) is 27.1 Å². The van der Waals surface area contributed by atoms with Crippen LogP contribution < -0.4 is 0 Å². The first-order valence-electron chi connectivity index (χ1n) is 5.20. The number of benzene rings is 2. The molecule has 0 fully saturated rings. The van der Waals surface area contributed by atoms with Gasteiger partial charge in [0.1, 0.15) is 0 Å². The Morgan fingerprint density at radius 1 is 0.722 bits per heavy atom. The Bertz CT molecular complexity index is 665. The summed E-state index contributed by atoms with van der Waals surface area (Å²) in [5.74, 6) is -0.199. The fourth-order valence-corrected chi connectivity index (χ4v) is 2.29. The monoisotopic (exact) mass is 264 g/mol. The molecule has 18 heavy (non-hydrogen) atoms. The van der Waals surface area contributed by atoms with Crippen molar-refractivity contribution >= 4 is 53.8 Å². The summed E-state index contributed by atoms with van der Waals surface area (Å²) in [6, 6.07) is 11.9. The van der Waals surface area contributed by atoms with E-state index in [1.165, 1.54) is 0 Å². The van der Waals surface area contributed by atoms with Crippen LogP contribution in [0.2, 0.25) is 0 Å². The van der Waals surface area contributed by atoms with Gasteiger partial charge in [-0.2, -0.15) is 0 Å². The number of carbonyl (C=O) groups is 2. The molecule has 2 aromatic rings. The van der Waals surface area contributed by atoms with E-state index in [9.17, 15) is 9.59 Å². The first-order valence-corrected chi connectivity index (χ1v) is 5.64. The molecular formula is C14H9NaO2S. The fraction of sp³-hybridized carbons (Fsp3) is 0. The van der Waals surface area contributed by atoms with E-state index in [1.54, 1.807) is 42.5 Å². The van der Waals surface area contributed by atoms with Gasteiger partial charge in [-0.05, 0) is 18.2 Å². The molecule has 0 saturated heterocycles. The van der Waals surface area contributed by atoms with Crippen molar-refractivity contribution < 1.29 is 9.59 Å². The summed E-state index contributed by atoms with van der Waals surface area (Å²) in [4.78, 5) is 25.1. The Hall–Kier alpha value is -0.870. The number of hydrogen-bond acceptors (Lipinski definition) is 3. The summed E-state index contributed by atoms with van der Waals surface area (Å²) in [7, 11) is 0. The van der Waals surface area contributed by atoms with E-state index in [2.05, 4.69) is 12.6 Å². The molecule has 1 aliphatic carbocycles. The first kappa shape index (κ1) is 13.6. The van der Waals surface area contributed by atoms with Gasteiger partial charge in [-0.1, -0.05) is 24.3 Å². The van der Waals surface area contributed by atoms with Crippen LogP contribution in [0, 0.1) is 0 Å². The van der Waals surface area contributed by atoms with Crippen LogP contribution in [0.3, 0.4) is 0 Å². The van der Waals surface area contributed by atoms with Crippen LogP contribution in [0.4, 0.5) is 0 Å². The molecule has 0 radical (unpaired) electrons. The van der Waals surface area contributed by atoms with Gasteiger partial charge in [0.25, 0.3) is 0 Å². The van der Waals surface area contributed by atoms with Gasteiger partial charge in [0.05, 0.1) is 0 Å². The maximum atomic E-state index is 12.2. The topological polar surface area (TPSA) is 34.1 Å². The molecule has 3 rings (SSSR count). The van der Waals surface area contributed by atoms with Crippen LogP contribution in [0.15, 0.2) is 47.4 Å². The molecule has 0 atom stereocenters. The van der Waals surface area contributed by atoms with Gasteiger partial charge in [0.2, 0.25) is 0 Å². The minimum absolute atomic E-state index is 0. The number of thiol groups is 1.